The van der Waals surface area contributed by atoms with Gasteiger partial charge in [-0.3, -0.25) is 15.1 Å². The maximum atomic E-state index is 11.3. The van der Waals surface area contributed by atoms with Crippen molar-refractivity contribution >= 4 is 11.4 Å². The van der Waals surface area contributed by atoms with Crippen molar-refractivity contribution in [3.63, 3.8) is 0 Å². The Morgan fingerprint density at radius 2 is 1.96 bits per heavy atom. The Morgan fingerprint density at radius 3 is 2.57 bits per heavy atom. The molecule has 0 aliphatic heterocycles. The molecular weight excluding hydrogens is 298 g/mol. The molecule has 0 fully saturated rings. The number of nitro groups is 1. The monoisotopic (exact) mass is 317 g/mol. The molecule has 7 nitrogen and oxygen atoms in total. The second-order valence-electron chi connectivity index (χ2n) is 5.03. The van der Waals surface area contributed by atoms with Crippen LogP contribution < -0.4 is 14.8 Å². The minimum atomic E-state index is -0.421. The topological polar surface area (TPSA) is 86.5 Å². The Hall–Kier alpha value is -2.83. The average molecular weight is 317 g/mol. The van der Waals surface area contributed by atoms with Gasteiger partial charge in [0.15, 0.2) is 0 Å². The fourth-order valence-electron chi connectivity index (χ4n) is 2.38. The molecule has 1 aromatic carbocycles. The molecule has 1 N–H and O–H groups in total. The average Bonchev–Trinajstić information content (AvgIpc) is 2.51. The standard InChI is InChI=1S/C16H19N3O4/c1-10-7-14(16(19(20)21)11(2)18-10)17-9-12-5-6-13(22-3)8-15(12)23-4/h5-8H,9H2,1-4H3,(H,17,18). The molecule has 0 aliphatic rings. The Morgan fingerprint density at radius 1 is 1.22 bits per heavy atom. The van der Waals surface area contributed by atoms with Gasteiger partial charge in [-0.05, 0) is 32.0 Å². The van der Waals surface area contributed by atoms with Crippen LogP contribution in [0.4, 0.5) is 11.4 Å². The summed E-state index contributed by atoms with van der Waals surface area (Å²) in [5, 5.41) is 14.4. The number of anilines is 1. The molecule has 0 saturated carbocycles. The summed E-state index contributed by atoms with van der Waals surface area (Å²) in [4.78, 5) is 15.0. The molecule has 0 saturated heterocycles. The predicted molar refractivity (Wildman–Crippen MR) is 87.2 cm³/mol. The molecule has 7 heteroatoms. The highest BCUT2D eigenvalue weighted by atomic mass is 16.6. The summed E-state index contributed by atoms with van der Waals surface area (Å²) >= 11 is 0. The number of aromatic nitrogens is 1. The van der Waals surface area contributed by atoms with Crippen molar-refractivity contribution in [1.82, 2.24) is 4.98 Å². The number of pyridine rings is 1. The zero-order valence-electron chi connectivity index (χ0n) is 13.5. The fourth-order valence-corrected chi connectivity index (χ4v) is 2.38. The number of hydrogen-bond acceptors (Lipinski definition) is 6. The molecule has 0 bridgehead atoms. The van der Waals surface area contributed by atoms with E-state index in [1.807, 2.05) is 12.1 Å². The number of benzene rings is 1. The second-order valence-corrected chi connectivity index (χ2v) is 5.03. The maximum absolute atomic E-state index is 11.3. The number of nitrogens with one attached hydrogen (secondary N) is 1. The van der Waals surface area contributed by atoms with Crippen LogP contribution in [0.3, 0.4) is 0 Å². The summed E-state index contributed by atoms with van der Waals surface area (Å²) in [6.07, 6.45) is 0. The first-order chi connectivity index (χ1) is 11.0. The Bertz CT molecular complexity index is 732. The van der Waals surface area contributed by atoms with Gasteiger partial charge in [-0.15, -0.1) is 0 Å². The van der Waals surface area contributed by atoms with Crippen LogP contribution in [0.15, 0.2) is 24.3 Å². The third-order valence-corrected chi connectivity index (χ3v) is 3.44. The van der Waals surface area contributed by atoms with E-state index in [1.165, 1.54) is 0 Å². The van der Waals surface area contributed by atoms with Gasteiger partial charge in [-0.25, -0.2) is 0 Å². The maximum Gasteiger partial charge on any atom is 0.313 e. The quantitative estimate of drug-likeness (QED) is 0.650. The summed E-state index contributed by atoms with van der Waals surface area (Å²) in [6, 6.07) is 7.12. The van der Waals surface area contributed by atoms with E-state index in [-0.39, 0.29) is 5.69 Å². The summed E-state index contributed by atoms with van der Waals surface area (Å²) in [5.41, 5.74) is 2.41. The van der Waals surface area contributed by atoms with Gasteiger partial charge in [0.25, 0.3) is 0 Å². The van der Waals surface area contributed by atoms with Crippen molar-refractivity contribution in [3.05, 3.63) is 51.3 Å². The van der Waals surface area contributed by atoms with Gasteiger partial charge in [0.2, 0.25) is 0 Å². The van der Waals surface area contributed by atoms with Crippen LogP contribution in [0.2, 0.25) is 0 Å². The molecule has 1 heterocycles. The highest BCUT2D eigenvalue weighted by Crippen LogP contribution is 2.30. The third-order valence-electron chi connectivity index (χ3n) is 3.44. The molecule has 0 aliphatic carbocycles. The summed E-state index contributed by atoms with van der Waals surface area (Å²) < 4.78 is 10.5. The third kappa shape index (κ3) is 3.68. The predicted octanol–water partition coefficient (Wildman–Crippen LogP) is 3.24. The van der Waals surface area contributed by atoms with E-state index in [0.29, 0.717) is 29.4 Å². The highest BCUT2D eigenvalue weighted by molar-refractivity contribution is 5.64. The Balaban J connectivity index is 2.29. The van der Waals surface area contributed by atoms with E-state index in [4.69, 9.17) is 9.47 Å². The van der Waals surface area contributed by atoms with Gasteiger partial charge in [0.05, 0.1) is 19.1 Å². The van der Waals surface area contributed by atoms with Crippen LogP contribution in [0.5, 0.6) is 11.5 Å². The van der Waals surface area contributed by atoms with Gasteiger partial charge < -0.3 is 14.8 Å². The molecule has 0 amide bonds. The number of rotatable bonds is 6. The molecule has 1 aromatic heterocycles. The molecular formula is C16H19N3O4. The van der Waals surface area contributed by atoms with Crippen LogP contribution in [0, 0.1) is 24.0 Å². The summed E-state index contributed by atoms with van der Waals surface area (Å²) in [5.74, 6) is 1.34. The summed E-state index contributed by atoms with van der Waals surface area (Å²) in [7, 11) is 3.15. The van der Waals surface area contributed by atoms with Crippen molar-refractivity contribution in [1.29, 1.82) is 0 Å². The SMILES string of the molecule is COc1ccc(CNc2cc(C)nc(C)c2[N+](=O)[O-])c(OC)c1. The van der Waals surface area contributed by atoms with Gasteiger partial charge in [0, 0.05) is 23.9 Å². The Kier molecular flexibility index (Phi) is 5.00. The molecule has 2 rings (SSSR count). The van der Waals surface area contributed by atoms with E-state index < -0.39 is 4.92 Å². The van der Waals surface area contributed by atoms with Crippen molar-refractivity contribution < 1.29 is 14.4 Å². The number of ether oxygens (including phenoxy) is 2. The van der Waals surface area contributed by atoms with E-state index in [0.717, 1.165) is 11.3 Å². The van der Waals surface area contributed by atoms with Gasteiger partial charge in [-0.2, -0.15) is 0 Å². The lowest BCUT2D eigenvalue weighted by atomic mass is 10.1. The molecule has 0 radical (unpaired) electrons. The molecule has 0 spiro atoms. The van der Waals surface area contributed by atoms with Crippen LogP contribution in [-0.4, -0.2) is 24.1 Å². The first-order valence-corrected chi connectivity index (χ1v) is 7.03. The fraction of sp³-hybridized carbons (Fsp3) is 0.312. The second kappa shape index (κ2) is 6.95. The lowest BCUT2D eigenvalue weighted by Crippen LogP contribution is -2.07. The van der Waals surface area contributed by atoms with Crippen molar-refractivity contribution in [2.45, 2.75) is 20.4 Å². The first-order valence-electron chi connectivity index (χ1n) is 7.03. The number of hydrogen-bond donors (Lipinski definition) is 1. The van der Waals surface area contributed by atoms with Crippen LogP contribution in [-0.2, 0) is 6.54 Å². The molecule has 0 atom stereocenters. The normalized spacial score (nSPS) is 10.3. The minimum Gasteiger partial charge on any atom is -0.497 e. The van der Waals surface area contributed by atoms with Crippen LogP contribution >= 0.6 is 0 Å². The zero-order chi connectivity index (χ0) is 17.0. The van der Waals surface area contributed by atoms with E-state index in [1.54, 1.807) is 40.2 Å². The van der Waals surface area contributed by atoms with Crippen molar-refractivity contribution in [3.8, 4) is 11.5 Å². The van der Waals surface area contributed by atoms with E-state index >= 15 is 0 Å². The first kappa shape index (κ1) is 16.5. The molecule has 122 valence electrons. The van der Waals surface area contributed by atoms with Crippen LogP contribution in [0.1, 0.15) is 17.0 Å². The molecule has 23 heavy (non-hydrogen) atoms. The van der Waals surface area contributed by atoms with E-state index in [2.05, 4.69) is 10.3 Å². The minimum absolute atomic E-state index is 0.0110. The number of nitrogens with zero attached hydrogens (tertiary/aromatic N) is 2. The summed E-state index contributed by atoms with van der Waals surface area (Å²) in [6.45, 7) is 3.82. The number of methoxy groups -OCH3 is 2. The van der Waals surface area contributed by atoms with Gasteiger partial charge in [-0.1, -0.05) is 0 Å². The smallest absolute Gasteiger partial charge is 0.313 e. The number of aryl methyl sites for hydroxylation is 2. The van der Waals surface area contributed by atoms with Crippen LogP contribution in [0.25, 0.3) is 0 Å². The van der Waals surface area contributed by atoms with Gasteiger partial charge >= 0.3 is 5.69 Å². The molecule has 0 unspecified atom stereocenters. The highest BCUT2D eigenvalue weighted by Gasteiger charge is 2.19. The molecule has 2 aromatic rings. The Labute approximate surface area is 134 Å². The van der Waals surface area contributed by atoms with Crippen molar-refractivity contribution in [2.24, 2.45) is 0 Å². The lowest BCUT2D eigenvalue weighted by Gasteiger charge is -2.13. The van der Waals surface area contributed by atoms with Gasteiger partial charge in [0.1, 0.15) is 22.9 Å². The lowest BCUT2D eigenvalue weighted by molar-refractivity contribution is -0.384. The zero-order valence-corrected chi connectivity index (χ0v) is 13.5. The van der Waals surface area contributed by atoms with E-state index in [9.17, 15) is 10.1 Å². The largest absolute Gasteiger partial charge is 0.497 e. The van der Waals surface area contributed by atoms with Crippen molar-refractivity contribution in [2.75, 3.05) is 19.5 Å².